The molecule has 2 N–H and O–H groups in total. The van der Waals surface area contributed by atoms with Crippen LogP contribution in [0.5, 0.6) is 0 Å². The topological polar surface area (TPSA) is 137 Å². The van der Waals surface area contributed by atoms with Gasteiger partial charge in [-0.2, -0.15) is 0 Å². The molecule has 0 aliphatic heterocycles. The highest BCUT2D eigenvalue weighted by Crippen LogP contribution is 2.14. The first-order valence-electron chi connectivity index (χ1n) is 10.2. The van der Waals surface area contributed by atoms with Gasteiger partial charge in [-0.05, 0) is 31.9 Å². The molecule has 0 fully saturated rings. The zero-order valence-corrected chi connectivity index (χ0v) is 18.7. The van der Waals surface area contributed by atoms with Gasteiger partial charge in [-0.1, -0.05) is 42.5 Å². The smallest absolute Gasteiger partial charge is 0.408 e. The van der Waals surface area contributed by atoms with E-state index in [0.29, 0.717) is 5.56 Å². The first-order chi connectivity index (χ1) is 15.5. The zero-order chi connectivity index (χ0) is 24.4. The molecule has 0 heterocycles. The lowest BCUT2D eigenvalue weighted by atomic mass is 10.0. The summed E-state index contributed by atoms with van der Waals surface area (Å²) >= 11 is 0. The van der Waals surface area contributed by atoms with Crippen LogP contribution in [0.25, 0.3) is 0 Å². The highest BCUT2D eigenvalue weighted by molar-refractivity contribution is 5.88. The van der Waals surface area contributed by atoms with Crippen molar-refractivity contribution in [3.05, 3.63) is 75.8 Å². The molecule has 0 aromatic heterocycles. The monoisotopic (exact) mass is 457 g/mol. The quantitative estimate of drug-likeness (QED) is 0.335. The molecule has 33 heavy (non-hydrogen) atoms. The lowest BCUT2D eigenvalue weighted by Gasteiger charge is -2.23. The number of rotatable bonds is 9. The normalized spacial score (nSPS) is 11.7. The fraction of sp³-hybridized carbons (Fsp3) is 0.348. The van der Waals surface area contributed by atoms with E-state index in [2.05, 4.69) is 10.6 Å². The van der Waals surface area contributed by atoms with Gasteiger partial charge < -0.3 is 20.1 Å². The Morgan fingerprint density at radius 2 is 1.64 bits per heavy atom. The number of hydrogen-bond acceptors (Lipinski definition) is 7. The molecule has 0 bridgehead atoms. The van der Waals surface area contributed by atoms with Gasteiger partial charge in [0.15, 0.2) is 0 Å². The molecule has 176 valence electrons. The van der Waals surface area contributed by atoms with Crippen molar-refractivity contribution in [3.8, 4) is 0 Å². The van der Waals surface area contributed by atoms with Crippen LogP contribution in [0.4, 0.5) is 10.5 Å². The van der Waals surface area contributed by atoms with Gasteiger partial charge >= 0.3 is 12.1 Å². The third kappa shape index (κ3) is 9.38. The average molecular weight is 457 g/mol. The van der Waals surface area contributed by atoms with Crippen molar-refractivity contribution in [1.82, 2.24) is 10.6 Å². The molecule has 2 rings (SSSR count). The summed E-state index contributed by atoms with van der Waals surface area (Å²) in [5.74, 6) is -1.27. The molecular formula is C23H27N3O7. The maximum Gasteiger partial charge on any atom is 0.408 e. The minimum absolute atomic E-state index is 0.0299. The van der Waals surface area contributed by atoms with Crippen LogP contribution in [0.2, 0.25) is 0 Å². The molecule has 0 spiro atoms. The first-order valence-corrected chi connectivity index (χ1v) is 10.2. The molecule has 0 radical (unpaired) electrons. The van der Waals surface area contributed by atoms with Gasteiger partial charge in [-0.15, -0.1) is 0 Å². The van der Waals surface area contributed by atoms with Crippen molar-refractivity contribution >= 4 is 23.7 Å². The molecule has 0 aliphatic rings. The molecule has 0 unspecified atom stereocenters. The van der Waals surface area contributed by atoms with E-state index in [9.17, 15) is 24.5 Å². The molecule has 10 nitrogen and oxygen atoms in total. The standard InChI is InChI=1S/C23H27N3O7/c1-23(2,3)33-22(29)25-19(13-16-9-11-18(12-10-16)26(30)31)21(28)24-14-20(27)32-15-17-7-5-4-6-8-17/h4-12,19H,13-15H2,1-3H3,(H,24,28)(H,25,29)/t19-/m0/s1. The molecule has 10 heteroatoms. The Bertz CT molecular complexity index is 970. The average Bonchev–Trinajstić information content (AvgIpc) is 2.75. The first kappa shape index (κ1) is 25.3. The van der Waals surface area contributed by atoms with E-state index in [1.807, 2.05) is 18.2 Å². The van der Waals surface area contributed by atoms with Crippen LogP contribution in [0.15, 0.2) is 54.6 Å². The van der Waals surface area contributed by atoms with E-state index in [1.54, 1.807) is 32.9 Å². The molecule has 1 atom stereocenters. The number of carbonyl (C=O) groups is 3. The van der Waals surface area contributed by atoms with E-state index in [0.717, 1.165) is 5.56 Å². The number of nitro benzene ring substituents is 1. The maximum absolute atomic E-state index is 12.7. The van der Waals surface area contributed by atoms with Crippen molar-refractivity contribution < 1.29 is 28.8 Å². The second kappa shape index (κ2) is 11.6. The molecule has 2 amide bonds. The highest BCUT2D eigenvalue weighted by Gasteiger charge is 2.25. The van der Waals surface area contributed by atoms with Crippen molar-refractivity contribution in [3.63, 3.8) is 0 Å². The van der Waals surface area contributed by atoms with Crippen LogP contribution >= 0.6 is 0 Å². The Morgan fingerprint density at radius 3 is 2.21 bits per heavy atom. The Labute approximate surface area is 191 Å². The Balaban J connectivity index is 1.99. The largest absolute Gasteiger partial charge is 0.460 e. The van der Waals surface area contributed by atoms with E-state index in [4.69, 9.17) is 9.47 Å². The maximum atomic E-state index is 12.7. The van der Waals surface area contributed by atoms with E-state index in [1.165, 1.54) is 24.3 Å². The van der Waals surface area contributed by atoms with Gasteiger partial charge in [-0.3, -0.25) is 19.7 Å². The van der Waals surface area contributed by atoms with Crippen LogP contribution in [-0.4, -0.2) is 41.1 Å². The van der Waals surface area contributed by atoms with Crippen LogP contribution in [0.3, 0.4) is 0 Å². The van der Waals surface area contributed by atoms with Crippen LogP contribution in [0, 0.1) is 10.1 Å². The predicted molar refractivity (Wildman–Crippen MR) is 119 cm³/mol. The number of benzene rings is 2. The van der Waals surface area contributed by atoms with Crippen molar-refractivity contribution in [2.45, 2.75) is 45.4 Å². The molecule has 2 aromatic carbocycles. The number of carbonyl (C=O) groups excluding carboxylic acids is 3. The summed E-state index contributed by atoms with van der Waals surface area (Å²) in [6.45, 7) is 4.72. The highest BCUT2D eigenvalue weighted by atomic mass is 16.6. The SMILES string of the molecule is CC(C)(C)OC(=O)N[C@@H](Cc1ccc([N+](=O)[O-])cc1)C(=O)NCC(=O)OCc1ccccc1. The van der Waals surface area contributed by atoms with Crippen LogP contribution in [-0.2, 0) is 32.1 Å². The van der Waals surface area contributed by atoms with Crippen LogP contribution in [0.1, 0.15) is 31.9 Å². The van der Waals surface area contributed by atoms with Crippen molar-refractivity contribution in [2.24, 2.45) is 0 Å². The minimum Gasteiger partial charge on any atom is -0.460 e. The van der Waals surface area contributed by atoms with Gasteiger partial charge in [0, 0.05) is 18.6 Å². The number of ether oxygens (including phenoxy) is 2. The number of hydrogen-bond donors (Lipinski definition) is 2. The number of nitrogens with zero attached hydrogens (tertiary/aromatic N) is 1. The fourth-order valence-corrected chi connectivity index (χ4v) is 2.72. The summed E-state index contributed by atoms with van der Waals surface area (Å²) in [5.41, 5.74) is 0.504. The van der Waals surface area contributed by atoms with E-state index < -0.39 is 41.1 Å². The number of alkyl carbamates (subject to hydrolysis) is 1. The number of nitrogens with one attached hydrogen (secondary N) is 2. The summed E-state index contributed by atoms with van der Waals surface area (Å²) in [7, 11) is 0. The lowest BCUT2D eigenvalue weighted by molar-refractivity contribution is -0.384. The summed E-state index contributed by atoms with van der Waals surface area (Å²) in [4.78, 5) is 47.2. The third-order valence-electron chi connectivity index (χ3n) is 4.24. The van der Waals surface area contributed by atoms with Gasteiger partial charge in [0.25, 0.3) is 5.69 Å². The number of amides is 2. The molecule has 0 saturated heterocycles. The van der Waals surface area contributed by atoms with Gasteiger partial charge in [0.2, 0.25) is 5.91 Å². The third-order valence-corrected chi connectivity index (χ3v) is 4.24. The fourth-order valence-electron chi connectivity index (χ4n) is 2.72. The Morgan fingerprint density at radius 1 is 1.00 bits per heavy atom. The number of non-ortho nitro benzene ring substituents is 1. The molecule has 0 aliphatic carbocycles. The summed E-state index contributed by atoms with van der Waals surface area (Å²) in [5, 5.41) is 15.8. The molecule has 2 aromatic rings. The van der Waals surface area contributed by atoms with Crippen LogP contribution < -0.4 is 10.6 Å². The Kier molecular flexibility index (Phi) is 8.90. The molecule has 0 saturated carbocycles. The summed E-state index contributed by atoms with van der Waals surface area (Å²) in [6.07, 6.45) is -0.779. The van der Waals surface area contributed by atoms with Gasteiger partial charge in [0.05, 0.1) is 4.92 Å². The Hall–Kier alpha value is -3.95. The second-order valence-electron chi connectivity index (χ2n) is 8.19. The van der Waals surface area contributed by atoms with Gasteiger partial charge in [-0.25, -0.2) is 4.79 Å². The lowest BCUT2D eigenvalue weighted by Crippen LogP contribution is -2.50. The van der Waals surface area contributed by atoms with Crippen molar-refractivity contribution in [1.29, 1.82) is 0 Å². The zero-order valence-electron chi connectivity index (χ0n) is 18.7. The minimum atomic E-state index is -1.08. The van der Waals surface area contributed by atoms with Crippen molar-refractivity contribution in [2.75, 3.05) is 6.54 Å². The van der Waals surface area contributed by atoms with Gasteiger partial charge in [0.1, 0.15) is 24.8 Å². The molecular weight excluding hydrogens is 430 g/mol. The predicted octanol–water partition coefficient (Wildman–Crippen LogP) is 2.89. The summed E-state index contributed by atoms with van der Waals surface area (Å²) < 4.78 is 10.3. The number of esters is 1. The summed E-state index contributed by atoms with van der Waals surface area (Å²) in [6, 6.07) is 13.6. The van der Waals surface area contributed by atoms with E-state index >= 15 is 0 Å². The van der Waals surface area contributed by atoms with E-state index in [-0.39, 0.29) is 18.7 Å². The number of nitro groups is 1. The second-order valence-corrected chi connectivity index (χ2v) is 8.19.